The molecule has 9 nitrogen and oxygen atoms in total. The van der Waals surface area contributed by atoms with Crippen molar-refractivity contribution >= 4 is 44.2 Å². The fourth-order valence-electron chi connectivity index (χ4n) is 2.86. The van der Waals surface area contributed by atoms with Crippen LogP contribution in [0.2, 0.25) is 0 Å². The van der Waals surface area contributed by atoms with Crippen LogP contribution < -0.4 is 10.5 Å². The number of fused-ring (bicyclic) bond motifs is 1. The number of aromatic amines is 1. The van der Waals surface area contributed by atoms with Gasteiger partial charge in [-0.25, -0.2) is 23.5 Å². The molecule has 1 amide bonds. The number of nitrogens with one attached hydrogen (secondary N) is 2. The second-order valence-electron chi connectivity index (χ2n) is 8.77. The van der Waals surface area contributed by atoms with Gasteiger partial charge in [0.2, 0.25) is 10.0 Å². The molecular formula is C21H27N5O4S2. The number of amides is 1. The van der Waals surface area contributed by atoms with E-state index in [0.717, 1.165) is 4.88 Å². The van der Waals surface area contributed by atoms with E-state index >= 15 is 0 Å². The molecule has 0 unspecified atom stereocenters. The van der Waals surface area contributed by atoms with Crippen LogP contribution in [0.5, 0.6) is 0 Å². The number of nitrogens with two attached hydrogens (primary N) is 1. The van der Waals surface area contributed by atoms with Gasteiger partial charge in [-0.2, -0.15) is 0 Å². The van der Waals surface area contributed by atoms with Crippen molar-refractivity contribution in [1.29, 1.82) is 0 Å². The van der Waals surface area contributed by atoms with Crippen molar-refractivity contribution in [2.75, 3.05) is 5.75 Å². The number of carbonyl (C=O) groups is 2. The van der Waals surface area contributed by atoms with Crippen LogP contribution >= 0.6 is 11.3 Å². The van der Waals surface area contributed by atoms with Gasteiger partial charge in [-0.3, -0.25) is 9.59 Å². The fraction of sp³-hybridized carbons (Fsp3) is 0.429. The third-order valence-corrected chi connectivity index (χ3v) is 7.24. The normalized spacial score (nSPS) is 13.3. The Bertz CT molecular complexity index is 1250. The first-order chi connectivity index (χ1) is 14.8. The van der Waals surface area contributed by atoms with Crippen molar-refractivity contribution in [3.05, 3.63) is 35.0 Å². The molecule has 0 spiro atoms. The van der Waals surface area contributed by atoms with Gasteiger partial charge in [0, 0.05) is 18.7 Å². The third kappa shape index (κ3) is 5.78. The molecule has 3 aromatic rings. The van der Waals surface area contributed by atoms with E-state index in [9.17, 15) is 18.0 Å². The van der Waals surface area contributed by atoms with Gasteiger partial charge in [-0.05, 0) is 30.9 Å². The number of primary sulfonamides is 1. The highest BCUT2D eigenvalue weighted by Crippen LogP contribution is 2.29. The molecule has 4 N–H and O–H groups in total. The van der Waals surface area contributed by atoms with E-state index in [1.54, 1.807) is 24.5 Å². The summed E-state index contributed by atoms with van der Waals surface area (Å²) in [5.74, 6) is -0.621. The summed E-state index contributed by atoms with van der Waals surface area (Å²) >= 11 is 1.25. The minimum atomic E-state index is -3.58. The maximum absolute atomic E-state index is 12.8. The molecule has 11 heteroatoms. The minimum absolute atomic E-state index is 0.0452. The van der Waals surface area contributed by atoms with Gasteiger partial charge in [0.05, 0.1) is 33.0 Å². The maximum atomic E-state index is 12.8. The molecule has 172 valence electrons. The third-order valence-electron chi connectivity index (χ3n) is 5.24. The highest BCUT2D eigenvalue weighted by Gasteiger charge is 2.24. The second kappa shape index (κ2) is 9.08. The number of H-pyrrole nitrogens is 1. The number of carbonyl (C=O) groups excluding carboxylic acids is 2. The SMILES string of the molecule is C[C@H](NC(=O)c1c[nH]c2ncc(-c3ccc(C(=O)CCCS(N)(=O)=O)s3)nc12)C(C)(C)C. The average Bonchev–Trinajstić information content (AvgIpc) is 3.33. The Morgan fingerprint density at radius 2 is 2.00 bits per heavy atom. The lowest BCUT2D eigenvalue weighted by Gasteiger charge is -2.27. The topological polar surface area (TPSA) is 148 Å². The largest absolute Gasteiger partial charge is 0.349 e. The van der Waals surface area contributed by atoms with E-state index < -0.39 is 10.0 Å². The Morgan fingerprint density at radius 3 is 2.66 bits per heavy atom. The van der Waals surface area contributed by atoms with E-state index in [4.69, 9.17) is 5.14 Å². The van der Waals surface area contributed by atoms with Crippen LogP contribution in [0, 0.1) is 5.41 Å². The van der Waals surface area contributed by atoms with Crippen LogP contribution in [0.3, 0.4) is 0 Å². The van der Waals surface area contributed by atoms with Crippen molar-refractivity contribution in [3.63, 3.8) is 0 Å². The van der Waals surface area contributed by atoms with Gasteiger partial charge in [0.1, 0.15) is 5.52 Å². The molecule has 0 aliphatic rings. The smallest absolute Gasteiger partial charge is 0.255 e. The van der Waals surface area contributed by atoms with Crippen molar-refractivity contribution in [1.82, 2.24) is 20.3 Å². The predicted molar refractivity (Wildman–Crippen MR) is 125 cm³/mol. The van der Waals surface area contributed by atoms with Crippen LogP contribution in [0.1, 0.15) is 60.6 Å². The summed E-state index contributed by atoms with van der Waals surface area (Å²) in [4.78, 5) is 38.3. The van der Waals surface area contributed by atoms with Gasteiger partial charge >= 0.3 is 0 Å². The van der Waals surface area contributed by atoms with Gasteiger partial charge in [0.25, 0.3) is 5.91 Å². The lowest BCUT2D eigenvalue weighted by atomic mass is 9.88. The van der Waals surface area contributed by atoms with E-state index in [-0.39, 0.29) is 41.7 Å². The molecule has 3 heterocycles. The summed E-state index contributed by atoms with van der Waals surface area (Å²) in [7, 11) is -3.58. The quantitative estimate of drug-likeness (QED) is 0.425. The number of ketones is 1. The first-order valence-corrected chi connectivity index (χ1v) is 12.7. The zero-order valence-corrected chi connectivity index (χ0v) is 20.1. The van der Waals surface area contributed by atoms with Crippen LogP contribution in [-0.4, -0.2) is 46.9 Å². The molecule has 3 rings (SSSR count). The zero-order chi connectivity index (χ0) is 23.7. The van der Waals surface area contributed by atoms with Crippen LogP contribution in [0.4, 0.5) is 0 Å². The molecule has 0 fully saturated rings. The molecule has 0 bridgehead atoms. The Balaban J connectivity index is 1.80. The summed E-state index contributed by atoms with van der Waals surface area (Å²) in [5.41, 5.74) is 1.81. The molecule has 0 radical (unpaired) electrons. The number of Topliss-reactive ketones (excluding diaryl/α,β-unsaturated/α-hetero) is 1. The summed E-state index contributed by atoms with van der Waals surface area (Å²) in [6.07, 6.45) is 3.44. The number of rotatable bonds is 8. The Labute approximate surface area is 190 Å². The summed E-state index contributed by atoms with van der Waals surface area (Å²) in [6.45, 7) is 8.11. The van der Waals surface area contributed by atoms with Crippen LogP contribution in [-0.2, 0) is 10.0 Å². The Kier molecular flexibility index (Phi) is 6.82. The van der Waals surface area contributed by atoms with E-state index in [2.05, 4.69) is 41.0 Å². The molecule has 0 saturated heterocycles. The molecule has 0 aliphatic heterocycles. The zero-order valence-electron chi connectivity index (χ0n) is 18.4. The van der Waals surface area contributed by atoms with Crippen molar-refractivity contribution in [2.45, 2.75) is 46.6 Å². The number of nitrogens with zero attached hydrogens (tertiary/aromatic N) is 2. The molecule has 3 aromatic heterocycles. The van der Waals surface area contributed by atoms with Gasteiger partial charge in [-0.1, -0.05) is 20.8 Å². The summed E-state index contributed by atoms with van der Waals surface area (Å²) in [5, 5.41) is 7.98. The molecule has 0 aliphatic carbocycles. The summed E-state index contributed by atoms with van der Waals surface area (Å²) in [6, 6.07) is 3.40. The van der Waals surface area contributed by atoms with Gasteiger partial charge in [-0.15, -0.1) is 11.3 Å². The number of aromatic nitrogens is 3. The van der Waals surface area contributed by atoms with E-state index in [1.807, 2.05) is 6.92 Å². The second-order valence-corrected chi connectivity index (χ2v) is 11.6. The van der Waals surface area contributed by atoms with E-state index in [1.165, 1.54) is 11.3 Å². The first-order valence-electron chi connectivity index (χ1n) is 10.1. The Morgan fingerprint density at radius 1 is 1.28 bits per heavy atom. The average molecular weight is 478 g/mol. The molecule has 32 heavy (non-hydrogen) atoms. The fourth-order valence-corrected chi connectivity index (χ4v) is 4.33. The first kappa shape index (κ1) is 24.0. The number of hydrogen-bond donors (Lipinski definition) is 3. The Hall–Kier alpha value is -2.63. The van der Waals surface area contributed by atoms with Gasteiger partial charge in [0.15, 0.2) is 11.4 Å². The number of hydrogen-bond acceptors (Lipinski definition) is 7. The predicted octanol–water partition coefficient (Wildman–Crippen LogP) is 3.10. The van der Waals surface area contributed by atoms with Crippen molar-refractivity contribution < 1.29 is 18.0 Å². The van der Waals surface area contributed by atoms with Gasteiger partial charge < -0.3 is 10.3 Å². The highest BCUT2D eigenvalue weighted by atomic mass is 32.2. The van der Waals surface area contributed by atoms with E-state index in [0.29, 0.717) is 27.3 Å². The number of sulfonamides is 1. The maximum Gasteiger partial charge on any atom is 0.255 e. The monoisotopic (exact) mass is 477 g/mol. The molecule has 0 saturated carbocycles. The van der Waals surface area contributed by atoms with Crippen molar-refractivity contribution in [2.24, 2.45) is 10.6 Å². The van der Waals surface area contributed by atoms with Crippen LogP contribution in [0.25, 0.3) is 21.7 Å². The molecular weight excluding hydrogens is 450 g/mol. The van der Waals surface area contributed by atoms with Crippen molar-refractivity contribution in [3.8, 4) is 10.6 Å². The lowest BCUT2D eigenvalue weighted by Crippen LogP contribution is -2.41. The van der Waals surface area contributed by atoms with Crippen LogP contribution in [0.15, 0.2) is 24.5 Å². The highest BCUT2D eigenvalue weighted by molar-refractivity contribution is 7.89. The number of thiophene rings is 1. The lowest BCUT2D eigenvalue weighted by molar-refractivity contribution is 0.0911. The molecule has 0 aromatic carbocycles. The standard InChI is InChI=1S/C21H27N5O4S2/c1-12(21(2,3)4)25-20(28)13-10-23-19-18(13)26-14(11-24-19)16-7-8-17(31-16)15(27)6-5-9-32(22,29)30/h7-8,10-12H,5-6,9H2,1-4H3,(H,23,24)(H,25,28)(H2,22,29,30)/t12-/m0/s1. The minimum Gasteiger partial charge on any atom is -0.349 e. The summed E-state index contributed by atoms with van der Waals surface area (Å²) < 4.78 is 22.1. The molecule has 1 atom stereocenters.